The molecule has 0 radical (unpaired) electrons. The lowest BCUT2D eigenvalue weighted by atomic mass is 9.90. The van der Waals surface area contributed by atoms with Gasteiger partial charge in [-0.1, -0.05) is 70.4 Å². The predicted octanol–water partition coefficient (Wildman–Crippen LogP) is 6.94. The summed E-state index contributed by atoms with van der Waals surface area (Å²) in [7, 11) is 3.36. The molecule has 0 saturated heterocycles. The van der Waals surface area contributed by atoms with Gasteiger partial charge in [0.05, 0.1) is 25.2 Å². The van der Waals surface area contributed by atoms with Crippen molar-refractivity contribution in [1.82, 2.24) is 21.0 Å². The van der Waals surface area contributed by atoms with E-state index in [9.17, 15) is 14.4 Å². The molecule has 3 aromatic rings. The van der Waals surface area contributed by atoms with Gasteiger partial charge < -0.3 is 39.4 Å². The number of carbonyl (C=O) groups is 4. The van der Waals surface area contributed by atoms with Crippen LogP contribution in [0.3, 0.4) is 0 Å². The fraction of sp³-hybridized carbons (Fsp3) is 0.524. The highest BCUT2D eigenvalue weighted by molar-refractivity contribution is 5.92. The second kappa shape index (κ2) is 32.8. The molecule has 0 aliphatic rings. The monoisotopic (exact) mass is 770 g/mol. The highest BCUT2D eigenvalue weighted by Gasteiger charge is 2.32. The van der Waals surface area contributed by atoms with Crippen LogP contribution in [0, 0.1) is 5.92 Å². The first kappa shape index (κ1) is 50.4. The van der Waals surface area contributed by atoms with E-state index in [-0.39, 0.29) is 24.9 Å². The first-order valence-corrected chi connectivity index (χ1v) is 19.1. The van der Waals surface area contributed by atoms with E-state index in [2.05, 4.69) is 32.3 Å². The zero-order valence-electron chi connectivity index (χ0n) is 34.3. The number of hydrogen-bond acceptors (Lipinski definition) is 10. The molecule has 1 unspecified atom stereocenters. The van der Waals surface area contributed by atoms with Gasteiger partial charge in [0, 0.05) is 39.5 Å². The van der Waals surface area contributed by atoms with Gasteiger partial charge in [-0.3, -0.25) is 19.2 Å². The number of rotatable bonds is 23. The third-order valence-corrected chi connectivity index (χ3v) is 8.05. The van der Waals surface area contributed by atoms with Crippen molar-refractivity contribution >= 4 is 25.0 Å². The quantitative estimate of drug-likeness (QED) is 0.0399. The molecule has 0 aliphatic heterocycles. The van der Waals surface area contributed by atoms with E-state index in [1.807, 2.05) is 89.9 Å². The van der Waals surface area contributed by atoms with Gasteiger partial charge in [0.25, 0.3) is 5.91 Å². The summed E-state index contributed by atoms with van der Waals surface area (Å²) in [4.78, 5) is 52.3. The first-order chi connectivity index (χ1) is 26.8. The summed E-state index contributed by atoms with van der Waals surface area (Å²) in [5, 5.41) is 10.1. The summed E-state index contributed by atoms with van der Waals surface area (Å²) in [6, 6.07) is 18.3. The average molecular weight is 771 g/mol. The van der Waals surface area contributed by atoms with Crippen molar-refractivity contribution in [3.63, 3.8) is 0 Å². The van der Waals surface area contributed by atoms with E-state index in [1.54, 1.807) is 26.4 Å². The summed E-state index contributed by atoms with van der Waals surface area (Å²) in [5.74, 6) is 0.172. The summed E-state index contributed by atoms with van der Waals surface area (Å²) in [6.07, 6.45) is 4.55. The van der Waals surface area contributed by atoms with E-state index < -0.39 is 17.9 Å². The predicted molar refractivity (Wildman–Crippen MR) is 216 cm³/mol. The number of nitrogens with zero attached hydrogens (tertiary/aromatic N) is 1. The lowest BCUT2D eigenvalue weighted by molar-refractivity contribution is -0.200. The smallest absolute Gasteiger partial charge is 0.288 e. The maximum atomic E-state index is 13.4. The number of ether oxygens (including phenoxy) is 3. The standard InChI is InChI=1S/C35H48N4O6.2C3H8O.CH2O/c1-5-9-11-16-30(31(6-2)39(25-40)44-23-26-14-12-10-13-15-26)34(41)37-24-38-35(42)33-18-17-32(45-33)28-19-27(22-36-7-3)20-29(21-28)43-8-4;2*1-3-4-2;1-2/h10,12-15,17-21,25,30-31,36H,5-9,11,16,22-24H2,1-4H3,(H,37,41)(H,38,42);2*3H2,1-2H3;1H2/t30?,31-;;;/m1.../s1. The van der Waals surface area contributed by atoms with Gasteiger partial charge in [-0.15, -0.1) is 0 Å². The number of methoxy groups -OCH3 is 2. The van der Waals surface area contributed by atoms with Gasteiger partial charge >= 0.3 is 0 Å². The Balaban J connectivity index is 0.00000261. The Morgan fingerprint density at radius 2 is 1.53 bits per heavy atom. The van der Waals surface area contributed by atoms with Crippen LogP contribution in [0.1, 0.15) is 95.3 Å². The molecule has 1 heterocycles. The molecule has 0 spiro atoms. The van der Waals surface area contributed by atoms with Gasteiger partial charge in [-0.25, -0.2) is 5.06 Å². The molecule has 308 valence electrons. The van der Waals surface area contributed by atoms with E-state index in [1.165, 1.54) is 5.06 Å². The molecule has 3 rings (SSSR count). The van der Waals surface area contributed by atoms with E-state index in [0.717, 1.165) is 61.5 Å². The molecule has 3 N–H and O–H groups in total. The van der Waals surface area contributed by atoms with Crippen molar-refractivity contribution in [2.45, 2.75) is 92.8 Å². The molecule has 13 nitrogen and oxygen atoms in total. The number of furan rings is 1. The second-order valence-corrected chi connectivity index (χ2v) is 11.9. The second-order valence-electron chi connectivity index (χ2n) is 11.9. The molecular formula is C42H66N4O9. The summed E-state index contributed by atoms with van der Waals surface area (Å²) in [6.45, 7) is 17.7. The van der Waals surface area contributed by atoms with E-state index >= 15 is 0 Å². The Morgan fingerprint density at radius 3 is 2.09 bits per heavy atom. The first-order valence-electron chi connectivity index (χ1n) is 19.1. The number of carbonyl (C=O) groups excluding carboxylic acids is 4. The number of unbranched alkanes of at least 4 members (excludes halogenated alkanes) is 2. The van der Waals surface area contributed by atoms with Crippen molar-refractivity contribution < 1.29 is 42.6 Å². The van der Waals surface area contributed by atoms with Gasteiger partial charge in [-0.05, 0) is 81.6 Å². The highest BCUT2D eigenvalue weighted by Crippen LogP contribution is 2.28. The van der Waals surface area contributed by atoms with Crippen molar-refractivity contribution in [3.05, 3.63) is 77.6 Å². The molecule has 0 fully saturated rings. The molecule has 0 bridgehead atoms. The fourth-order valence-electron chi connectivity index (χ4n) is 5.15. The lowest BCUT2D eigenvalue weighted by Crippen LogP contribution is -2.48. The zero-order valence-corrected chi connectivity index (χ0v) is 34.3. The topological polar surface area (TPSA) is 158 Å². The maximum Gasteiger partial charge on any atom is 0.288 e. The molecule has 3 amide bonds. The van der Waals surface area contributed by atoms with Crippen molar-refractivity contribution in [1.29, 1.82) is 0 Å². The van der Waals surface area contributed by atoms with Crippen LogP contribution in [0.2, 0.25) is 0 Å². The molecule has 13 heteroatoms. The van der Waals surface area contributed by atoms with Crippen LogP contribution in [-0.2, 0) is 41.8 Å². The Hall–Kier alpha value is -4.56. The van der Waals surface area contributed by atoms with Crippen molar-refractivity contribution in [2.24, 2.45) is 5.92 Å². The molecule has 55 heavy (non-hydrogen) atoms. The Labute approximate surface area is 328 Å². The van der Waals surface area contributed by atoms with Crippen LogP contribution in [0.5, 0.6) is 5.75 Å². The maximum absolute atomic E-state index is 13.4. The molecule has 2 atom stereocenters. The summed E-state index contributed by atoms with van der Waals surface area (Å²) in [5.41, 5.74) is 2.77. The molecule has 0 saturated carbocycles. The summed E-state index contributed by atoms with van der Waals surface area (Å²) < 4.78 is 20.7. The van der Waals surface area contributed by atoms with Gasteiger partial charge in [0.1, 0.15) is 24.9 Å². The van der Waals surface area contributed by atoms with Crippen molar-refractivity contribution in [3.8, 4) is 17.1 Å². The van der Waals surface area contributed by atoms with Crippen LogP contribution in [0.4, 0.5) is 0 Å². The molecule has 0 aliphatic carbocycles. The number of benzene rings is 2. The minimum Gasteiger partial charge on any atom is -0.494 e. The molecule has 1 aromatic heterocycles. The van der Waals surface area contributed by atoms with Gasteiger partial charge in [-0.2, -0.15) is 0 Å². The third-order valence-electron chi connectivity index (χ3n) is 8.05. The minimum absolute atomic E-state index is 0.0902. The van der Waals surface area contributed by atoms with E-state index in [0.29, 0.717) is 38.2 Å². The van der Waals surface area contributed by atoms with E-state index in [4.69, 9.17) is 18.8 Å². The SMILES string of the molecule is C=O.CCCCCC(C(=O)NCNC(=O)c1ccc(-c2cc(CNCC)cc(OCC)c2)o1)[C@@H](CC)N(C=O)OCc1ccccc1.CCOC.CCOC. The summed E-state index contributed by atoms with van der Waals surface area (Å²) >= 11 is 0. The largest absolute Gasteiger partial charge is 0.494 e. The van der Waals surface area contributed by atoms with Crippen LogP contribution in [0.25, 0.3) is 11.3 Å². The number of nitrogens with one attached hydrogen (secondary N) is 3. The van der Waals surface area contributed by atoms with Gasteiger partial charge in [0.15, 0.2) is 5.76 Å². The number of hydroxylamine groups is 2. The zero-order chi connectivity index (χ0) is 41.3. The number of hydrogen-bond donors (Lipinski definition) is 3. The molecule has 2 aromatic carbocycles. The third kappa shape index (κ3) is 20.6. The average Bonchev–Trinajstić information content (AvgIpc) is 3.73. The number of amides is 3. The van der Waals surface area contributed by atoms with Gasteiger partial charge in [0.2, 0.25) is 12.3 Å². The van der Waals surface area contributed by atoms with Crippen LogP contribution in [-0.4, -0.2) is 83.4 Å². The van der Waals surface area contributed by atoms with Crippen LogP contribution in [0.15, 0.2) is 65.1 Å². The Kier molecular flexibility index (Phi) is 30.1. The Bertz CT molecular complexity index is 1410. The minimum atomic E-state index is -0.511. The molecular weight excluding hydrogens is 704 g/mol. The lowest BCUT2D eigenvalue weighted by Gasteiger charge is -2.32. The fourth-order valence-corrected chi connectivity index (χ4v) is 5.15. The van der Waals surface area contributed by atoms with Crippen LogP contribution < -0.4 is 20.7 Å². The van der Waals surface area contributed by atoms with Crippen molar-refractivity contribution in [2.75, 3.05) is 47.3 Å². The Morgan fingerprint density at radius 1 is 0.855 bits per heavy atom. The van der Waals surface area contributed by atoms with Crippen LogP contribution >= 0.6 is 0 Å². The normalized spacial score (nSPS) is 11.2. The highest BCUT2D eigenvalue weighted by atomic mass is 16.7.